The molecule has 0 bridgehead atoms. The predicted molar refractivity (Wildman–Crippen MR) is 87.3 cm³/mol. The lowest BCUT2D eigenvalue weighted by molar-refractivity contribution is 0.584. The van der Waals surface area contributed by atoms with E-state index in [2.05, 4.69) is 9.93 Å². The third-order valence-corrected chi connectivity index (χ3v) is 4.82. The number of thioether (sulfide) groups is 1. The molecule has 2 aromatic rings. The Labute approximate surface area is 129 Å². The van der Waals surface area contributed by atoms with Crippen LogP contribution in [0.3, 0.4) is 0 Å². The Morgan fingerprint density at radius 1 is 1.05 bits per heavy atom. The summed E-state index contributed by atoms with van der Waals surface area (Å²) in [6.07, 6.45) is 3.48. The van der Waals surface area contributed by atoms with Crippen molar-refractivity contribution in [1.82, 2.24) is 4.83 Å². The molecule has 0 atom stereocenters. The molecule has 6 heteroatoms. The molecular weight excluding hydrogens is 304 g/mol. The molecule has 0 fully saturated rings. The first-order valence-corrected chi connectivity index (χ1v) is 8.98. The molecule has 0 saturated carbocycles. The third kappa shape index (κ3) is 4.34. The first-order chi connectivity index (χ1) is 10.0. The number of nitrogens with one attached hydrogen (secondary N) is 1. The van der Waals surface area contributed by atoms with Crippen LogP contribution in [0.25, 0.3) is 0 Å². The van der Waals surface area contributed by atoms with Crippen molar-refractivity contribution in [1.29, 1.82) is 0 Å². The van der Waals surface area contributed by atoms with Crippen LogP contribution in [0.4, 0.5) is 0 Å². The highest BCUT2D eigenvalue weighted by Gasteiger charge is 2.11. The highest BCUT2D eigenvalue weighted by Crippen LogP contribution is 2.14. The molecule has 0 amide bonds. The van der Waals surface area contributed by atoms with E-state index in [-0.39, 0.29) is 4.90 Å². The van der Waals surface area contributed by atoms with Crippen molar-refractivity contribution in [2.75, 3.05) is 6.26 Å². The van der Waals surface area contributed by atoms with Gasteiger partial charge in [0.2, 0.25) is 0 Å². The zero-order valence-electron chi connectivity index (χ0n) is 11.8. The lowest BCUT2D eigenvalue weighted by Gasteiger charge is -2.03. The number of hydrogen-bond donors (Lipinski definition) is 1. The standard InChI is InChI=1S/C15H16N2O2S2/c1-12-3-9-15(10-4-12)21(18,19)17-16-11-13-5-7-14(20-2)8-6-13/h3-11,17H,1-2H3/b16-11+. The molecule has 0 radical (unpaired) electrons. The van der Waals surface area contributed by atoms with E-state index in [1.54, 1.807) is 36.0 Å². The maximum atomic E-state index is 12.0. The van der Waals surface area contributed by atoms with Gasteiger partial charge in [0.25, 0.3) is 10.0 Å². The van der Waals surface area contributed by atoms with Crippen molar-refractivity contribution in [2.45, 2.75) is 16.7 Å². The smallest absolute Gasteiger partial charge is 0.200 e. The van der Waals surface area contributed by atoms with Gasteiger partial charge in [-0.3, -0.25) is 0 Å². The summed E-state index contributed by atoms with van der Waals surface area (Å²) in [6.45, 7) is 1.90. The van der Waals surface area contributed by atoms with Crippen LogP contribution in [0.5, 0.6) is 0 Å². The second-order valence-corrected chi connectivity index (χ2v) is 6.98. The van der Waals surface area contributed by atoms with Gasteiger partial charge in [-0.2, -0.15) is 13.5 Å². The molecule has 2 rings (SSSR count). The maximum absolute atomic E-state index is 12.0. The highest BCUT2D eigenvalue weighted by molar-refractivity contribution is 7.98. The van der Waals surface area contributed by atoms with Crippen molar-refractivity contribution in [3.8, 4) is 0 Å². The minimum Gasteiger partial charge on any atom is -0.200 e. The Morgan fingerprint density at radius 2 is 1.67 bits per heavy atom. The summed E-state index contributed by atoms with van der Waals surface area (Å²) >= 11 is 1.65. The fourth-order valence-corrected chi connectivity index (χ4v) is 2.83. The molecule has 0 heterocycles. The normalized spacial score (nSPS) is 11.7. The van der Waals surface area contributed by atoms with Gasteiger partial charge in [-0.05, 0) is 43.0 Å². The van der Waals surface area contributed by atoms with Crippen LogP contribution in [0.15, 0.2) is 63.4 Å². The SMILES string of the molecule is CSc1ccc(/C=N/NS(=O)(=O)c2ccc(C)cc2)cc1. The quantitative estimate of drug-likeness (QED) is 0.523. The Kier molecular flexibility index (Phi) is 5.03. The average Bonchev–Trinajstić information content (AvgIpc) is 2.48. The molecule has 4 nitrogen and oxygen atoms in total. The Balaban J connectivity index is 2.06. The van der Waals surface area contributed by atoms with Gasteiger partial charge in [-0.15, -0.1) is 11.8 Å². The molecular formula is C15H16N2O2S2. The van der Waals surface area contributed by atoms with E-state index in [0.29, 0.717) is 0 Å². The van der Waals surface area contributed by atoms with Gasteiger partial charge >= 0.3 is 0 Å². The fourth-order valence-electron chi connectivity index (χ4n) is 1.63. The largest absolute Gasteiger partial charge is 0.276 e. The number of aryl methyl sites for hydroxylation is 1. The minimum atomic E-state index is -3.61. The maximum Gasteiger partial charge on any atom is 0.276 e. The van der Waals surface area contributed by atoms with Gasteiger partial charge < -0.3 is 0 Å². The first kappa shape index (κ1) is 15.6. The van der Waals surface area contributed by atoms with E-state index < -0.39 is 10.0 Å². The highest BCUT2D eigenvalue weighted by atomic mass is 32.2. The molecule has 1 N–H and O–H groups in total. The van der Waals surface area contributed by atoms with E-state index in [4.69, 9.17) is 0 Å². The van der Waals surface area contributed by atoms with Crippen molar-refractivity contribution in [2.24, 2.45) is 5.10 Å². The second-order valence-electron chi connectivity index (χ2n) is 4.44. The fraction of sp³-hybridized carbons (Fsp3) is 0.133. The van der Waals surface area contributed by atoms with E-state index >= 15 is 0 Å². The summed E-state index contributed by atoms with van der Waals surface area (Å²) in [6, 6.07) is 14.3. The van der Waals surface area contributed by atoms with E-state index in [1.165, 1.54) is 6.21 Å². The van der Waals surface area contributed by atoms with Crippen LogP contribution in [-0.4, -0.2) is 20.9 Å². The average molecular weight is 320 g/mol. The summed E-state index contributed by atoms with van der Waals surface area (Å²) in [5.41, 5.74) is 1.84. The molecule has 0 aliphatic heterocycles. The van der Waals surface area contributed by atoms with Gasteiger partial charge in [0.15, 0.2) is 0 Å². The summed E-state index contributed by atoms with van der Waals surface area (Å²) in [5.74, 6) is 0. The van der Waals surface area contributed by atoms with Crippen LogP contribution in [0, 0.1) is 6.92 Å². The van der Waals surface area contributed by atoms with Crippen LogP contribution in [0.2, 0.25) is 0 Å². The summed E-state index contributed by atoms with van der Waals surface area (Å²) in [4.78, 5) is 3.55. The van der Waals surface area contributed by atoms with Gasteiger partial charge in [0.05, 0.1) is 11.1 Å². The van der Waals surface area contributed by atoms with Gasteiger partial charge in [0.1, 0.15) is 0 Å². The molecule has 0 unspecified atom stereocenters. The molecule has 0 spiro atoms. The van der Waals surface area contributed by atoms with Crippen molar-refractivity contribution < 1.29 is 8.42 Å². The molecule has 0 aromatic heterocycles. The number of nitrogens with zero attached hydrogens (tertiary/aromatic N) is 1. The molecule has 21 heavy (non-hydrogen) atoms. The monoisotopic (exact) mass is 320 g/mol. The third-order valence-electron chi connectivity index (χ3n) is 2.83. The van der Waals surface area contributed by atoms with E-state index in [9.17, 15) is 8.42 Å². The molecule has 0 aliphatic rings. The Morgan fingerprint density at radius 3 is 2.24 bits per heavy atom. The molecule has 0 saturated heterocycles. The summed E-state index contributed by atoms with van der Waals surface area (Å²) < 4.78 is 24.0. The van der Waals surface area contributed by atoms with Crippen LogP contribution in [-0.2, 0) is 10.0 Å². The van der Waals surface area contributed by atoms with Gasteiger partial charge in [-0.1, -0.05) is 29.8 Å². The van der Waals surface area contributed by atoms with Crippen molar-refractivity contribution in [3.63, 3.8) is 0 Å². The van der Waals surface area contributed by atoms with Gasteiger partial charge in [-0.25, -0.2) is 4.83 Å². The summed E-state index contributed by atoms with van der Waals surface area (Å²) in [5, 5.41) is 3.80. The minimum absolute atomic E-state index is 0.197. The Bertz CT molecular complexity index is 721. The zero-order valence-corrected chi connectivity index (χ0v) is 13.4. The predicted octanol–water partition coefficient (Wildman–Crippen LogP) is 3.03. The van der Waals surface area contributed by atoms with E-state index in [0.717, 1.165) is 16.0 Å². The molecule has 110 valence electrons. The van der Waals surface area contributed by atoms with Crippen LogP contribution >= 0.6 is 11.8 Å². The first-order valence-electron chi connectivity index (χ1n) is 6.27. The number of sulfonamides is 1. The van der Waals surface area contributed by atoms with Crippen molar-refractivity contribution >= 4 is 28.0 Å². The van der Waals surface area contributed by atoms with Crippen LogP contribution in [0.1, 0.15) is 11.1 Å². The Hall–Kier alpha value is -1.79. The number of benzene rings is 2. The number of rotatable bonds is 5. The molecule has 0 aliphatic carbocycles. The number of hydrogen-bond acceptors (Lipinski definition) is 4. The number of hydrazone groups is 1. The van der Waals surface area contributed by atoms with E-state index in [1.807, 2.05) is 37.4 Å². The summed E-state index contributed by atoms with van der Waals surface area (Å²) in [7, 11) is -3.61. The lowest BCUT2D eigenvalue weighted by atomic mass is 10.2. The van der Waals surface area contributed by atoms with Crippen molar-refractivity contribution in [3.05, 3.63) is 59.7 Å². The second kappa shape index (κ2) is 6.78. The van der Waals surface area contributed by atoms with Gasteiger partial charge in [0, 0.05) is 4.90 Å². The molecule has 2 aromatic carbocycles. The topological polar surface area (TPSA) is 58.5 Å². The zero-order chi connectivity index (χ0) is 15.3. The lowest BCUT2D eigenvalue weighted by Crippen LogP contribution is -2.18. The van der Waals surface area contributed by atoms with Crippen LogP contribution < -0.4 is 4.83 Å².